The second-order valence-electron chi connectivity index (χ2n) is 9.17. The third-order valence-electron chi connectivity index (χ3n) is 7.05. The van der Waals surface area contributed by atoms with Gasteiger partial charge in [-0.1, -0.05) is 24.3 Å². The van der Waals surface area contributed by atoms with Crippen LogP contribution < -0.4 is 15.0 Å². The quantitative estimate of drug-likeness (QED) is 0.246. The number of benzene rings is 3. The van der Waals surface area contributed by atoms with Gasteiger partial charge in [-0.25, -0.2) is 9.97 Å². The van der Waals surface area contributed by atoms with Gasteiger partial charge in [0.1, 0.15) is 11.5 Å². The van der Waals surface area contributed by atoms with Gasteiger partial charge in [-0.3, -0.25) is 19.3 Å². The number of rotatable bonds is 4. The molecule has 3 heterocycles. The maximum absolute atomic E-state index is 14.0. The Kier molecular flexibility index (Phi) is 5.23. The Morgan fingerprint density at radius 3 is 2.32 bits per heavy atom. The predicted octanol–water partition coefficient (Wildman–Crippen LogP) is 3.77. The normalized spacial score (nSPS) is 19.7. The van der Waals surface area contributed by atoms with E-state index in [0.717, 1.165) is 0 Å². The molecule has 2 aliphatic heterocycles. The molecule has 4 aromatic rings. The molecule has 1 fully saturated rings. The Labute approximate surface area is 217 Å². The number of nitrogens with zero attached hydrogens (tertiary/aromatic N) is 3. The largest absolute Gasteiger partial charge is 0.507 e. The highest BCUT2D eigenvalue weighted by molar-refractivity contribution is 6.55. The third-order valence-corrected chi connectivity index (χ3v) is 7.05. The molecule has 0 saturated carbocycles. The monoisotopic (exact) mass is 506 g/mol. The number of fused-ring (bicyclic) bond motifs is 4. The standard InChI is InChI=1S/C29H22N4O5/c1-16-22(31-20-8-4-3-7-19(20)30-16)15-29-24(25(34)17-11-13-18(38-2)14-12-17)26(35)27(36)33(29)23-10-6-5-9-21(23)32-28(29)37/h3-14,34H,15H2,1-2H3,(H,32,37)/b25-24-. The highest BCUT2D eigenvalue weighted by Gasteiger charge is 2.64. The van der Waals surface area contributed by atoms with E-state index in [1.165, 1.54) is 12.0 Å². The zero-order valence-electron chi connectivity index (χ0n) is 20.6. The number of anilines is 2. The van der Waals surface area contributed by atoms with Crippen LogP contribution in [0.25, 0.3) is 16.8 Å². The molecule has 1 unspecified atom stereocenters. The van der Waals surface area contributed by atoms with Crippen molar-refractivity contribution in [2.75, 3.05) is 17.3 Å². The van der Waals surface area contributed by atoms with Crippen molar-refractivity contribution in [3.63, 3.8) is 0 Å². The van der Waals surface area contributed by atoms with E-state index >= 15 is 0 Å². The second kappa shape index (κ2) is 8.52. The number of ketones is 1. The molecule has 9 heteroatoms. The summed E-state index contributed by atoms with van der Waals surface area (Å²) in [5.41, 5.74) is 1.05. The molecule has 2 aliphatic rings. The number of carbonyl (C=O) groups is 3. The third kappa shape index (κ3) is 3.28. The van der Waals surface area contributed by atoms with Crippen molar-refractivity contribution in [2.24, 2.45) is 0 Å². The fraction of sp³-hybridized carbons (Fsp3) is 0.138. The number of hydrogen-bond donors (Lipinski definition) is 2. The number of hydrogen-bond acceptors (Lipinski definition) is 7. The second-order valence-corrected chi connectivity index (χ2v) is 9.17. The molecule has 0 radical (unpaired) electrons. The van der Waals surface area contributed by atoms with Gasteiger partial charge in [0.25, 0.3) is 11.7 Å². The summed E-state index contributed by atoms with van der Waals surface area (Å²) in [5.74, 6) is -2.41. The fourth-order valence-electron chi connectivity index (χ4n) is 5.19. The van der Waals surface area contributed by atoms with Crippen molar-refractivity contribution in [2.45, 2.75) is 18.9 Å². The van der Waals surface area contributed by atoms with E-state index in [1.54, 1.807) is 61.5 Å². The number of nitrogens with one attached hydrogen (secondary N) is 1. The van der Waals surface area contributed by atoms with Gasteiger partial charge in [0, 0.05) is 12.0 Å². The van der Waals surface area contributed by atoms with E-state index in [1.807, 2.05) is 18.2 Å². The van der Waals surface area contributed by atoms with Gasteiger partial charge >= 0.3 is 5.91 Å². The van der Waals surface area contributed by atoms with E-state index < -0.39 is 28.9 Å². The molecular weight excluding hydrogens is 484 g/mol. The van der Waals surface area contributed by atoms with Crippen LogP contribution in [0.5, 0.6) is 5.75 Å². The zero-order valence-corrected chi connectivity index (χ0v) is 20.6. The lowest BCUT2D eigenvalue weighted by Crippen LogP contribution is -2.60. The molecule has 38 heavy (non-hydrogen) atoms. The maximum atomic E-state index is 14.0. The summed E-state index contributed by atoms with van der Waals surface area (Å²) < 4.78 is 5.20. The Morgan fingerprint density at radius 1 is 0.947 bits per heavy atom. The minimum atomic E-state index is -1.89. The molecule has 2 amide bonds. The van der Waals surface area contributed by atoms with Gasteiger partial charge in [0.2, 0.25) is 0 Å². The fourth-order valence-corrected chi connectivity index (χ4v) is 5.19. The van der Waals surface area contributed by atoms with Crippen LogP contribution in [0.3, 0.4) is 0 Å². The molecule has 3 aromatic carbocycles. The molecule has 0 aliphatic carbocycles. The molecule has 0 spiro atoms. The Morgan fingerprint density at radius 2 is 1.61 bits per heavy atom. The van der Waals surface area contributed by atoms with Crippen LogP contribution in [0.2, 0.25) is 0 Å². The van der Waals surface area contributed by atoms with Crippen LogP contribution in [-0.2, 0) is 20.8 Å². The number of Topliss-reactive ketones (excluding diaryl/α,β-unsaturated/α-hetero) is 1. The molecule has 9 nitrogen and oxygen atoms in total. The van der Waals surface area contributed by atoms with Gasteiger partial charge in [-0.05, 0) is 55.5 Å². The smallest absolute Gasteiger partial charge is 0.300 e. The summed E-state index contributed by atoms with van der Waals surface area (Å²) in [4.78, 5) is 51.8. The first-order chi connectivity index (χ1) is 18.3. The first-order valence-corrected chi connectivity index (χ1v) is 11.9. The maximum Gasteiger partial charge on any atom is 0.300 e. The van der Waals surface area contributed by atoms with Crippen molar-refractivity contribution in [1.82, 2.24) is 9.97 Å². The number of methoxy groups -OCH3 is 1. The molecule has 188 valence electrons. The van der Waals surface area contributed by atoms with Crippen LogP contribution in [-0.4, -0.2) is 45.3 Å². The van der Waals surface area contributed by atoms with Crippen LogP contribution in [0.1, 0.15) is 17.0 Å². The first kappa shape index (κ1) is 23.4. The van der Waals surface area contributed by atoms with E-state index in [0.29, 0.717) is 39.5 Å². The summed E-state index contributed by atoms with van der Waals surface area (Å²) in [7, 11) is 1.51. The van der Waals surface area contributed by atoms with E-state index in [4.69, 9.17) is 9.72 Å². The number of aryl methyl sites for hydroxylation is 1. The molecule has 1 aromatic heterocycles. The van der Waals surface area contributed by atoms with E-state index in [9.17, 15) is 19.5 Å². The van der Waals surface area contributed by atoms with Crippen molar-refractivity contribution in [1.29, 1.82) is 0 Å². The topological polar surface area (TPSA) is 122 Å². The summed E-state index contributed by atoms with van der Waals surface area (Å²) in [6, 6.07) is 20.4. The number of aromatic nitrogens is 2. The Hall–Kier alpha value is -5.05. The Bertz CT molecular complexity index is 1700. The number of ether oxygens (including phenoxy) is 1. The van der Waals surface area contributed by atoms with E-state index in [-0.39, 0.29) is 17.6 Å². The van der Waals surface area contributed by atoms with Crippen molar-refractivity contribution in [3.8, 4) is 5.75 Å². The summed E-state index contributed by atoms with van der Waals surface area (Å²) >= 11 is 0. The zero-order chi connectivity index (χ0) is 26.6. The lowest BCUT2D eigenvalue weighted by molar-refractivity contribution is -0.132. The number of aliphatic hydroxyl groups is 1. The van der Waals surface area contributed by atoms with Gasteiger partial charge in [-0.15, -0.1) is 0 Å². The first-order valence-electron chi connectivity index (χ1n) is 11.9. The molecule has 1 saturated heterocycles. The number of aliphatic hydroxyl groups excluding tert-OH is 1. The summed E-state index contributed by atoms with van der Waals surface area (Å²) in [6.07, 6.45) is -0.177. The molecule has 1 atom stereocenters. The van der Waals surface area contributed by atoms with Crippen LogP contribution in [0.15, 0.2) is 78.4 Å². The van der Waals surface area contributed by atoms with Crippen LogP contribution in [0, 0.1) is 6.92 Å². The predicted molar refractivity (Wildman–Crippen MR) is 141 cm³/mol. The highest BCUT2D eigenvalue weighted by Crippen LogP contribution is 2.48. The minimum absolute atomic E-state index is 0.177. The SMILES string of the molecule is COc1ccc(/C(O)=C2\C(=O)C(=O)N3c4ccccc4NC(=O)C23Cc2nc3ccccc3nc2C)cc1. The van der Waals surface area contributed by atoms with Gasteiger partial charge in [-0.2, -0.15) is 0 Å². The summed E-state index contributed by atoms with van der Waals surface area (Å²) in [5, 5.41) is 14.3. The summed E-state index contributed by atoms with van der Waals surface area (Å²) in [6.45, 7) is 1.76. The van der Waals surface area contributed by atoms with Gasteiger partial charge in [0.15, 0.2) is 5.54 Å². The van der Waals surface area contributed by atoms with Gasteiger partial charge < -0.3 is 15.2 Å². The van der Waals surface area contributed by atoms with Crippen molar-refractivity contribution < 1.29 is 24.2 Å². The average Bonchev–Trinajstić information content (AvgIpc) is 3.16. The molecule has 0 bridgehead atoms. The number of carbonyl (C=O) groups excluding carboxylic acids is 3. The van der Waals surface area contributed by atoms with Crippen LogP contribution >= 0.6 is 0 Å². The average molecular weight is 507 g/mol. The highest BCUT2D eigenvalue weighted by atomic mass is 16.5. The number of amides is 2. The lowest BCUT2D eigenvalue weighted by Gasteiger charge is -2.41. The van der Waals surface area contributed by atoms with Crippen molar-refractivity contribution >= 4 is 45.8 Å². The number of para-hydroxylation sites is 4. The minimum Gasteiger partial charge on any atom is -0.507 e. The van der Waals surface area contributed by atoms with Gasteiger partial charge in [0.05, 0.1) is 46.5 Å². The molecule has 2 N–H and O–H groups in total. The van der Waals surface area contributed by atoms with Crippen LogP contribution in [0.4, 0.5) is 11.4 Å². The molecule has 6 rings (SSSR count). The Balaban J connectivity index is 1.63. The lowest BCUT2D eigenvalue weighted by atomic mass is 9.80. The van der Waals surface area contributed by atoms with Crippen molar-refractivity contribution in [3.05, 3.63) is 95.3 Å². The van der Waals surface area contributed by atoms with E-state index in [2.05, 4.69) is 10.3 Å². The molecular formula is C29H22N4O5.